The fraction of sp³-hybridized carbons (Fsp3) is 0.286. The largest absolute Gasteiger partial charge is 0.490 e. The molecule has 0 fully saturated rings. The Morgan fingerprint density at radius 2 is 2.05 bits per heavy atom. The number of hydrogen-bond donors (Lipinski definition) is 1. The highest BCUT2D eigenvalue weighted by Gasteiger charge is 2.20. The lowest BCUT2D eigenvalue weighted by Crippen LogP contribution is -2.00. The molecular weight excluding hydrogens is 364 g/mol. The van der Waals surface area contributed by atoms with Crippen molar-refractivity contribution in [2.45, 2.75) is 12.5 Å². The number of aliphatic hydroxyl groups excluding tert-OH is 1. The average molecular weight is 376 g/mol. The van der Waals surface area contributed by atoms with Gasteiger partial charge in [0.25, 0.3) is 0 Å². The van der Waals surface area contributed by atoms with E-state index in [-0.39, 0.29) is 0 Å². The molecule has 6 heteroatoms. The van der Waals surface area contributed by atoms with Gasteiger partial charge >= 0.3 is 0 Å². The zero-order valence-corrected chi connectivity index (χ0v) is 13.6. The molecule has 1 unspecified atom stereocenters. The first-order valence-electron chi connectivity index (χ1n) is 6.17. The molecule has 1 N–H and O–H groups in total. The van der Waals surface area contributed by atoms with Gasteiger partial charge in [0.15, 0.2) is 11.5 Å². The van der Waals surface area contributed by atoms with Gasteiger partial charge in [-0.3, -0.25) is 0 Å². The number of thiophene rings is 1. The van der Waals surface area contributed by atoms with Gasteiger partial charge in [-0.2, -0.15) is 0 Å². The maximum absolute atomic E-state index is 10.4. The minimum absolute atomic E-state index is 0.615. The molecule has 0 saturated heterocycles. The van der Waals surface area contributed by atoms with E-state index in [1.807, 2.05) is 18.2 Å². The molecule has 1 atom stereocenters. The molecule has 0 amide bonds. The Bertz CT molecular complexity index is 629. The van der Waals surface area contributed by atoms with Crippen LogP contribution < -0.4 is 9.47 Å². The fourth-order valence-electron chi connectivity index (χ4n) is 2.05. The number of fused-ring (bicyclic) bond motifs is 1. The Morgan fingerprint density at radius 1 is 1.25 bits per heavy atom. The monoisotopic (exact) mass is 374 g/mol. The summed E-state index contributed by atoms with van der Waals surface area (Å²) in [5.74, 6) is 1.36. The molecule has 2 aromatic rings. The van der Waals surface area contributed by atoms with Crippen molar-refractivity contribution in [3.8, 4) is 11.5 Å². The predicted octanol–water partition coefficient (Wildman–Crippen LogP) is 4.41. The SMILES string of the molecule is OC(c1cc(Br)c2c(c1)OCCCO2)c1ccc(Cl)s1. The van der Waals surface area contributed by atoms with Crippen LogP contribution in [0.2, 0.25) is 4.34 Å². The number of hydrogen-bond acceptors (Lipinski definition) is 4. The Balaban J connectivity index is 1.98. The molecule has 0 saturated carbocycles. The zero-order chi connectivity index (χ0) is 14.1. The van der Waals surface area contributed by atoms with E-state index in [0.29, 0.717) is 29.0 Å². The first-order chi connectivity index (χ1) is 9.65. The van der Waals surface area contributed by atoms with Crippen molar-refractivity contribution in [2.75, 3.05) is 13.2 Å². The van der Waals surface area contributed by atoms with Crippen LogP contribution >= 0.6 is 38.9 Å². The summed E-state index contributed by atoms with van der Waals surface area (Å²) in [6, 6.07) is 7.28. The van der Waals surface area contributed by atoms with Crippen molar-refractivity contribution < 1.29 is 14.6 Å². The Labute approximate surface area is 134 Å². The summed E-state index contributed by atoms with van der Waals surface area (Å²) in [5.41, 5.74) is 0.750. The highest BCUT2D eigenvalue weighted by atomic mass is 79.9. The molecule has 2 heterocycles. The standard InChI is InChI=1S/C14H12BrClO3S/c15-9-6-8(13(17)11-2-3-12(16)20-11)7-10-14(9)19-5-1-4-18-10/h2-3,6-7,13,17H,1,4-5H2. The third-order valence-electron chi connectivity index (χ3n) is 3.00. The Kier molecular flexibility index (Phi) is 4.21. The van der Waals surface area contributed by atoms with Crippen LogP contribution in [-0.2, 0) is 0 Å². The van der Waals surface area contributed by atoms with Gasteiger partial charge in [0, 0.05) is 11.3 Å². The maximum atomic E-state index is 10.4. The first kappa shape index (κ1) is 14.2. The van der Waals surface area contributed by atoms with Crippen molar-refractivity contribution in [3.63, 3.8) is 0 Å². The lowest BCUT2D eigenvalue weighted by molar-refractivity contribution is 0.223. The van der Waals surface area contributed by atoms with Crippen LogP contribution in [0, 0.1) is 0 Å². The molecular formula is C14H12BrClO3S. The molecule has 20 heavy (non-hydrogen) atoms. The number of halogens is 2. The molecule has 3 nitrogen and oxygen atoms in total. The number of benzene rings is 1. The third kappa shape index (κ3) is 2.81. The maximum Gasteiger partial charge on any atom is 0.175 e. The van der Waals surface area contributed by atoms with Crippen molar-refractivity contribution in [1.29, 1.82) is 0 Å². The van der Waals surface area contributed by atoms with Gasteiger partial charge < -0.3 is 14.6 Å². The normalized spacial score (nSPS) is 15.8. The van der Waals surface area contributed by atoms with Crippen LogP contribution in [0.15, 0.2) is 28.7 Å². The number of ether oxygens (including phenoxy) is 2. The van der Waals surface area contributed by atoms with E-state index in [2.05, 4.69) is 15.9 Å². The fourth-order valence-corrected chi connectivity index (χ4v) is 3.70. The van der Waals surface area contributed by atoms with Crippen molar-refractivity contribution in [1.82, 2.24) is 0 Å². The van der Waals surface area contributed by atoms with E-state index < -0.39 is 6.10 Å². The molecule has 1 aromatic carbocycles. The molecule has 0 bridgehead atoms. The molecule has 106 valence electrons. The van der Waals surface area contributed by atoms with E-state index in [1.54, 1.807) is 6.07 Å². The molecule has 0 radical (unpaired) electrons. The minimum Gasteiger partial charge on any atom is -0.490 e. The summed E-state index contributed by atoms with van der Waals surface area (Å²) in [7, 11) is 0. The highest BCUT2D eigenvalue weighted by molar-refractivity contribution is 9.10. The second-order valence-electron chi connectivity index (χ2n) is 4.42. The molecule has 1 aromatic heterocycles. The highest BCUT2D eigenvalue weighted by Crippen LogP contribution is 2.41. The van der Waals surface area contributed by atoms with Crippen molar-refractivity contribution in [3.05, 3.63) is 43.5 Å². The van der Waals surface area contributed by atoms with E-state index in [4.69, 9.17) is 21.1 Å². The zero-order valence-electron chi connectivity index (χ0n) is 10.4. The summed E-state index contributed by atoms with van der Waals surface area (Å²) in [6.07, 6.45) is 0.125. The van der Waals surface area contributed by atoms with Crippen LogP contribution in [0.4, 0.5) is 0 Å². The minimum atomic E-state index is -0.721. The van der Waals surface area contributed by atoms with Gasteiger partial charge in [0.2, 0.25) is 0 Å². The Hall–Kier alpha value is -0.750. The summed E-state index contributed by atoms with van der Waals surface area (Å²) >= 11 is 10.8. The summed E-state index contributed by atoms with van der Waals surface area (Å²) in [4.78, 5) is 0.802. The molecule has 0 spiro atoms. The number of rotatable bonds is 2. The van der Waals surface area contributed by atoms with E-state index >= 15 is 0 Å². The third-order valence-corrected chi connectivity index (χ3v) is 4.88. The van der Waals surface area contributed by atoms with E-state index in [1.165, 1.54) is 11.3 Å². The van der Waals surface area contributed by atoms with E-state index in [9.17, 15) is 5.11 Å². The van der Waals surface area contributed by atoms with Crippen LogP contribution in [0.3, 0.4) is 0 Å². The van der Waals surface area contributed by atoms with Crippen molar-refractivity contribution in [2.24, 2.45) is 0 Å². The molecule has 0 aliphatic carbocycles. The summed E-state index contributed by atoms with van der Waals surface area (Å²) in [6.45, 7) is 1.25. The molecule has 1 aliphatic rings. The van der Waals surface area contributed by atoms with Gasteiger partial charge in [-0.05, 0) is 45.8 Å². The predicted molar refractivity (Wildman–Crippen MR) is 83.1 cm³/mol. The van der Waals surface area contributed by atoms with Crippen LogP contribution in [0.25, 0.3) is 0 Å². The van der Waals surface area contributed by atoms with Crippen LogP contribution in [-0.4, -0.2) is 18.3 Å². The smallest absolute Gasteiger partial charge is 0.175 e. The van der Waals surface area contributed by atoms with Crippen molar-refractivity contribution >= 4 is 38.9 Å². The number of aliphatic hydroxyl groups is 1. The van der Waals surface area contributed by atoms with Gasteiger partial charge in [0.05, 0.1) is 22.0 Å². The lowest BCUT2D eigenvalue weighted by atomic mass is 10.1. The molecule has 1 aliphatic heterocycles. The van der Waals surface area contributed by atoms with E-state index in [0.717, 1.165) is 21.3 Å². The van der Waals surface area contributed by atoms with Gasteiger partial charge in [-0.25, -0.2) is 0 Å². The second kappa shape index (κ2) is 5.93. The quantitative estimate of drug-likeness (QED) is 0.845. The molecule has 3 rings (SSSR count). The van der Waals surface area contributed by atoms with Crippen LogP contribution in [0.1, 0.15) is 23.0 Å². The first-order valence-corrected chi connectivity index (χ1v) is 8.16. The topological polar surface area (TPSA) is 38.7 Å². The lowest BCUT2D eigenvalue weighted by Gasteiger charge is -2.14. The summed E-state index contributed by atoms with van der Waals surface area (Å²) < 4.78 is 12.8. The summed E-state index contributed by atoms with van der Waals surface area (Å²) in [5, 5.41) is 10.4. The van der Waals surface area contributed by atoms with Gasteiger partial charge in [-0.1, -0.05) is 11.6 Å². The van der Waals surface area contributed by atoms with Gasteiger partial charge in [-0.15, -0.1) is 11.3 Å². The Morgan fingerprint density at radius 3 is 2.80 bits per heavy atom. The van der Waals surface area contributed by atoms with Gasteiger partial charge in [0.1, 0.15) is 6.10 Å². The second-order valence-corrected chi connectivity index (χ2v) is 7.03. The average Bonchev–Trinajstić information content (AvgIpc) is 2.72. The van der Waals surface area contributed by atoms with Crippen LogP contribution in [0.5, 0.6) is 11.5 Å².